The molecule has 1 atom stereocenters. The Morgan fingerprint density at radius 1 is 1.50 bits per heavy atom. The van der Waals surface area contributed by atoms with E-state index in [0.717, 1.165) is 11.9 Å². The third kappa shape index (κ3) is 4.67. The quantitative estimate of drug-likeness (QED) is 0.593. The van der Waals surface area contributed by atoms with E-state index in [2.05, 4.69) is 0 Å². The summed E-state index contributed by atoms with van der Waals surface area (Å²) in [6.45, 7) is 7.71. The van der Waals surface area contributed by atoms with E-state index in [9.17, 15) is 9.59 Å². The summed E-state index contributed by atoms with van der Waals surface area (Å²) in [7, 11) is 1.68. The zero-order valence-electron chi connectivity index (χ0n) is 12.7. The highest BCUT2D eigenvalue weighted by atomic mass is 35.5. The number of halogens is 1. The molecule has 0 aromatic carbocycles. The van der Waals surface area contributed by atoms with Crippen molar-refractivity contribution in [2.75, 3.05) is 13.6 Å². The molecular formula is C15H22ClNO3. The van der Waals surface area contributed by atoms with E-state index in [1.807, 2.05) is 26.8 Å². The number of aldehydes is 1. The first-order valence-electron chi connectivity index (χ1n) is 6.53. The Bertz CT molecular complexity index is 458. The van der Waals surface area contributed by atoms with E-state index in [4.69, 9.17) is 16.3 Å². The number of hydrogen-bond donors (Lipinski definition) is 0. The van der Waals surface area contributed by atoms with Gasteiger partial charge in [-0.1, -0.05) is 12.2 Å². The van der Waals surface area contributed by atoms with Crippen LogP contribution in [0.3, 0.4) is 0 Å². The molecule has 20 heavy (non-hydrogen) atoms. The lowest BCUT2D eigenvalue weighted by Crippen LogP contribution is -2.36. The molecule has 0 heterocycles. The molecule has 1 aliphatic carbocycles. The van der Waals surface area contributed by atoms with Gasteiger partial charge in [-0.3, -0.25) is 4.79 Å². The first kappa shape index (κ1) is 16.8. The van der Waals surface area contributed by atoms with Crippen molar-refractivity contribution >= 4 is 24.0 Å². The fraction of sp³-hybridized carbons (Fsp3) is 0.600. The molecule has 0 fully saturated rings. The van der Waals surface area contributed by atoms with Gasteiger partial charge < -0.3 is 9.64 Å². The predicted octanol–water partition coefficient (Wildman–Crippen LogP) is 3.31. The Morgan fingerprint density at radius 2 is 2.10 bits per heavy atom. The Kier molecular flexibility index (Phi) is 5.03. The van der Waals surface area contributed by atoms with Crippen molar-refractivity contribution in [1.82, 2.24) is 4.90 Å². The molecule has 0 unspecified atom stereocenters. The molecule has 112 valence electrons. The predicted molar refractivity (Wildman–Crippen MR) is 80.0 cm³/mol. The van der Waals surface area contributed by atoms with Crippen molar-refractivity contribution in [2.24, 2.45) is 0 Å². The molecule has 5 heteroatoms. The van der Waals surface area contributed by atoms with Crippen LogP contribution in [0.25, 0.3) is 0 Å². The molecule has 0 spiro atoms. The molecule has 0 N–H and O–H groups in total. The Morgan fingerprint density at radius 3 is 2.55 bits per heavy atom. The Hall–Kier alpha value is -1.29. The van der Waals surface area contributed by atoms with Gasteiger partial charge in [0.05, 0.1) is 4.87 Å². The van der Waals surface area contributed by atoms with E-state index in [1.54, 1.807) is 20.0 Å². The highest BCUT2D eigenvalue weighted by Crippen LogP contribution is 2.34. The highest BCUT2D eigenvalue weighted by molar-refractivity contribution is 6.28. The van der Waals surface area contributed by atoms with Gasteiger partial charge in [-0.25, -0.2) is 4.79 Å². The topological polar surface area (TPSA) is 46.6 Å². The maximum atomic E-state index is 11.9. The lowest BCUT2D eigenvalue weighted by molar-refractivity contribution is -0.105. The third-order valence-electron chi connectivity index (χ3n) is 2.93. The number of amides is 1. The van der Waals surface area contributed by atoms with Gasteiger partial charge in [0.25, 0.3) is 0 Å². The third-order valence-corrected chi connectivity index (χ3v) is 3.28. The molecule has 1 aliphatic rings. The van der Waals surface area contributed by atoms with Gasteiger partial charge in [0, 0.05) is 19.2 Å². The second kappa shape index (κ2) is 6.00. The lowest BCUT2D eigenvalue weighted by atomic mass is 9.88. The number of likely N-dealkylation sites (N-methyl/N-ethyl adjacent to an activating group) is 1. The first-order chi connectivity index (χ1) is 9.05. The summed E-state index contributed by atoms with van der Waals surface area (Å²) < 4.78 is 5.29. The standard InChI is InChI=1S/C15H22ClNO3/c1-14(2,3)20-13(19)17(5)9-11-6-7-12(10-18)15(4,16)8-11/h6-7,10H,8-9H2,1-5H3/t15-/m1/s1. The molecule has 0 radical (unpaired) electrons. The van der Waals surface area contributed by atoms with Crippen LogP contribution in [0, 0.1) is 0 Å². The summed E-state index contributed by atoms with van der Waals surface area (Å²) in [5.74, 6) is 0. The van der Waals surface area contributed by atoms with Crippen molar-refractivity contribution in [2.45, 2.75) is 44.6 Å². The van der Waals surface area contributed by atoms with Crippen molar-refractivity contribution in [3.05, 3.63) is 23.3 Å². The van der Waals surface area contributed by atoms with Crippen molar-refractivity contribution in [1.29, 1.82) is 0 Å². The van der Waals surface area contributed by atoms with E-state index >= 15 is 0 Å². The zero-order chi connectivity index (χ0) is 15.6. The Balaban J connectivity index is 2.70. The maximum Gasteiger partial charge on any atom is 0.410 e. The smallest absolute Gasteiger partial charge is 0.410 e. The lowest BCUT2D eigenvalue weighted by Gasteiger charge is -2.30. The number of allylic oxidation sites excluding steroid dienone is 3. The number of alkyl halides is 1. The van der Waals surface area contributed by atoms with E-state index in [1.165, 1.54) is 4.90 Å². The van der Waals surface area contributed by atoms with Crippen LogP contribution in [-0.4, -0.2) is 41.3 Å². The summed E-state index contributed by atoms with van der Waals surface area (Å²) in [6.07, 6.45) is 4.49. The van der Waals surface area contributed by atoms with Gasteiger partial charge in [0.2, 0.25) is 0 Å². The minimum absolute atomic E-state index is 0.375. The summed E-state index contributed by atoms with van der Waals surface area (Å²) in [4.78, 5) is 23.6. The van der Waals surface area contributed by atoms with Crippen molar-refractivity contribution < 1.29 is 14.3 Å². The van der Waals surface area contributed by atoms with Gasteiger partial charge >= 0.3 is 6.09 Å². The fourth-order valence-electron chi connectivity index (χ4n) is 1.95. The molecule has 0 saturated carbocycles. The number of hydrogen-bond acceptors (Lipinski definition) is 3. The number of nitrogens with zero attached hydrogens (tertiary/aromatic N) is 1. The summed E-state index contributed by atoms with van der Waals surface area (Å²) >= 11 is 6.33. The van der Waals surface area contributed by atoms with Crippen LogP contribution in [0.2, 0.25) is 0 Å². The van der Waals surface area contributed by atoms with E-state index in [-0.39, 0.29) is 6.09 Å². The van der Waals surface area contributed by atoms with Gasteiger partial charge in [0.15, 0.2) is 0 Å². The molecule has 0 saturated heterocycles. The normalized spacial score (nSPS) is 22.7. The number of ether oxygens (including phenoxy) is 1. The van der Waals surface area contributed by atoms with Gasteiger partial charge in [0.1, 0.15) is 11.9 Å². The van der Waals surface area contributed by atoms with Crippen LogP contribution in [0.1, 0.15) is 34.1 Å². The van der Waals surface area contributed by atoms with Crippen LogP contribution < -0.4 is 0 Å². The highest BCUT2D eigenvalue weighted by Gasteiger charge is 2.30. The monoisotopic (exact) mass is 299 g/mol. The molecule has 1 rings (SSSR count). The number of carbonyl (C=O) groups is 2. The minimum atomic E-state index is -0.708. The summed E-state index contributed by atoms with van der Waals surface area (Å²) in [5, 5.41) is 0. The van der Waals surface area contributed by atoms with Crippen LogP contribution >= 0.6 is 11.6 Å². The summed E-state index contributed by atoms with van der Waals surface area (Å²) in [5.41, 5.74) is 1.03. The van der Waals surface area contributed by atoms with E-state index in [0.29, 0.717) is 18.5 Å². The number of rotatable bonds is 3. The van der Waals surface area contributed by atoms with E-state index < -0.39 is 10.5 Å². The zero-order valence-corrected chi connectivity index (χ0v) is 13.5. The van der Waals surface area contributed by atoms with Crippen LogP contribution in [-0.2, 0) is 9.53 Å². The minimum Gasteiger partial charge on any atom is -0.444 e. The average Bonchev–Trinajstić information content (AvgIpc) is 2.25. The molecule has 4 nitrogen and oxygen atoms in total. The van der Waals surface area contributed by atoms with Crippen LogP contribution in [0.15, 0.2) is 23.3 Å². The van der Waals surface area contributed by atoms with Crippen LogP contribution in [0.5, 0.6) is 0 Å². The van der Waals surface area contributed by atoms with Gasteiger partial charge in [-0.2, -0.15) is 0 Å². The SMILES string of the molecule is CN(CC1=CC=C(C=O)[C@](C)(Cl)C1)C(=O)OC(C)(C)C. The first-order valence-corrected chi connectivity index (χ1v) is 6.91. The number of carbonyl (C=O) groups excluding carboxylic acids is 2. The van der Waals surface area contributed by atoms with Gasteiger partial charge in [-0.15, -0.1) is 11.6 Å². The molecule has 1 amide bonds. The molecule has 0 aliphatic heterocycles. The molecule has 0 aromatic heterocycles. The summed E-state index contributed by atoms with van der Waals surface area (Å²) in [6, 6.07) is 0. The molecule has 0 aromatic rings. The molecule has 0 bridgehead atoms. The van der Waals surface area contributed by atoms with Crippen molar-refractivity contribution in [3.63, 3.8) is 0 Å². The largest absolute Gasteiger partial charge is 0.444 e. The fourth-order valence-corrected chi connectivity index (χ4v) is 2.23. The second-order valence-corrected chi connectivity index (χ2v) is 7.11. The second-order valence-electron chi connectivity index (χ2n) is 6.28. The molecular weight excluding hydrogens is 278 g/mol. The Labute approximate surface area is 125 Å². The van der Waals surface area contributed by atoms with Crippen molar-refractivity contribution in [3.8, 4) is 0 Å². The average molecular weight is 300 g/mol. The van der Waals surface area contributed by atoms with Crippen LogP contribution in [0.4, 0.5) is 4.79 Å². The maximum absolute atomic E-state index is 11.9. The van der Waals surface area contributed by atoms with Gasteiger partial charge in [-0.05, 0) is 39.7 Å².